The lowest BCUT2D eigenvalue weighted by atomic mass is 10.3. The third-order valence-electron chi connectivity index (χ3n) is 2.73. The first-order chi connectivity index (χ1) is 9.72. The lowest BCUT2D eigenvalue weighted by Crippen LogP contribution is -2.14. The predicted molar refractivity (Wildman–Crippen MR) is 79.7 cm³/mol. The van der Waals surface area contributed by atoms with Gasteiger partial charge in [-0.05, 0) is 41.9 Å². The van der Waals surface area contributed by atoms with Crippen LogP contribution in [0.3, 0.4) is 0 Å². The van der Waals surface area contributed by atoms with E-state index in [1.165, 1.54) is 18.2 Å². The Labute approximate surface area is 128 Å². The van der Waals surface area contributed by atoms with E-state index >= 15 is 0 Å². The van der Waals surface area contributed by atoms with Crippen LogP contribution in [0.2, 0.25) is 0 Å². The van der Waals surface area contributed by atoms with Gasteiger partial charge < -0.3 is 0 Å². The second-order valence-electron chi connectivity index (χ2n) is 4.29. The average Bonchev–Trinajstić information content (AvgIpc) is 2.68. The molecular weight excluding hydrogens is 364 g/mol. The lowest BCUT2D eigenvalue weighted by molar-refractivity contribution is -0.385. The summed E-state index contributed by atoms with van der Waals surface area (Å²) in [7, 11) is -3.82. The monoisotopic (exact) mass is 374 g/mol. The van der Waals surface area contributed by atoms with Gasteiger partial charge >= 0.3 is 0 Å². The van der Waals surface area contributed by atoms with Crippen molar-refractivity contribution < 1.29 is 13.3 Å². The maximum atomic E-state index is 12.3. The molecule has 1 aromatic heterocycles. The predicted octanol–water partition coefficient (Wildman–Crippen LogP) is 2.50. The molecule has 2 aromatic rings. The van der Waals surface area contributed by atoms with Crippen LogP contribution in [0.1, 0.15) is 11.4 Å². The van der Waals surface area contributed by atoms with E-state index in [2.05, 4.69) is 30.8 Å². The van der Waals surface area contributed by atoms with Gasteiger partial charge in [-0.1, -0.05) is 0 Å². The zero-order chi connectivity index (χ0) is 15.8. The van der Waals surface area contributed by atoms with Crippen molar-refractivity contribution in [1.82, 2.24) is 10.2 Å². The SMILES string of the molecule is Cc1n[nH]c(C)c1S(=O)(=O)Nc1ccc([N+](=O)[O-])c(Br)c1. The lowest BCUT2D eigenvalue weighted by Gasteiger charge is -2.08. The quantitative estimate of drug-likeness (QED) is 0.629. The minimum Gasteiger partial charge on any atom is -0.281 e. The molecule has 0 saturated carbocycles. The summed E-state index contributed by atoms with van der Waals surface area (Å²) in [5, 5.41) is 17.2. The fraction of sp³-hybridized carbons (Fsp3) is 0.182. The molecule has 0 atom stereocenters. The molecule has 8 nitrogen and oxygen atoms in total. The molecule has 10 heteroatoms. The summed E-state index contributed by atoms with van der Waals surface area (Å²) in [5.74, 6) is 0. The van der Waals surface area contributed by atoms with Crippen LogP contribution in [0.5, 0.6) is 0 Å². The Balaban J connectivity index is 2.38. The largest absolute Gasteiger partial charge is 0.283 e. The Morgan fingerprint density at radius 2 is 2.05 bits per heavy atom. The highest BCUT2D eigenvalue weighted by atomic mass is 79.9. The molecule has 0 amide bonds. The second kappa shape index (κ2) is 5.45. The summed E-state index contributed by atoms with van der Waals surface area (Å²) in [6, 6.07) is 3.88. The normalized spacial score (nSPS) is 11.4. The number of nitro groups is 1. The van der Waals surface area contributed by atoms with Gasteiger partial charge in [-0.3, -0.25) is 19.9 Å². The Kier molecular flexibility index (Phi) is 4.01. The van der Waals surface area contributed by atoms with E-state index in [0.29, 0.717) is 11.4 Å². The summed E-state index contributed by atoms with van der Waals surface area (Å²) < 4.78 is 27.2. The molecule has 0 aliphatic rings. The highest BCUT2D eigenvalue weighted by Crippen LogP contribution is 2.29. The van der Waals surface area contributed by atoms with E-state index in [1.807, 2.05) is 0 Å². The van der Waals surface area contributed by atoms with Gasteiger partial charge in [-0.2, -0.15) is 5.10 Å². The van der Waals surface area contributed by atoms with Crippen LogP contribution in [0.25, 0.3) is 0 Å². The third-order valence-corrected chi connectivity index (χ3v) is 5.00. The molecule has 2 rings (SSSR count). The summed E-state index contributed by atoms with van der Waals surface area (Å²) in [6.07, 6.45) is 0. The fourth-order valence-electron chi connectivity index (χ4n) is 1.86. The number of sulfonamides is 1. The minimum atomic E-state index is -3.82. The molecule has 0 fully saturated rings. The first kappa shape index (κ1) is 15.4. The molecule has 1 aromatic carbocycles. The van der Waals surface area contributed by atoms with E-state index in [0.717, 1.165) is 0 Å². The third kappa shape index (κ3) is 3.05. The van der Waals surface area contributed by atoms with Gasteiger partial charge in [0, 0.05) is 6.07 Å². The second-order valence-corrected chi connectivity index (χ2v) is 6.77. The molecule has 0 aliphatic carbocycles. The van der Waals surface area contributed by atoms with Crippen LogP contribution >= 0.6 is 15.9 Å². The van der Waals surface area contributed by atoms with Crippen molar-refractivity contribution >= 4 is 37.3 Å². The number of rotatable bonds is 4. The van der Waals surface area contributed by atoms with Crippen molar-refractivity contribution in [1.29, 1.82) is 0 Å². The fourth-order valence-corrected chi connectivity index (χ4v) is 3.81. The van der Waals surface area contributed by atoms with Crippen molar-refractivity contribution in [3.8, 4) is 0 Å². The van der Waals surface area contributed by atoms with Gasteiger partial charge in [-0.15, -0.1) is 0 Å². The minimum absolute atomic E-state index is 0.0666. The Bertz CT molecular complexity index is 796. The van der Waals surface area contributed by atoms with Gasteiger partial charge in [0.25, 0.3) is 15.7 Å². The first-order valence-corrected chi connectivity index (χ1v) is 7.98. The number of halogens is 1. The molecule has 0 aliphatic heterocycles. The summed E-state index contributed by atoms with van der Waals surface area (Å²) in [6.45, 7) is 3.17. The molecule has 0 saturated heterocycles. The molecule has 0 unspecified atom stereocenters. The summed E-state index contributed by atoms with van der Waals surface area (Å²) >= 11 is 3.04. The zero-order valence-electron chi connectivity index (χ0n) is 11.0. The van der Waals surface area contributed by atoms with Crippen LogP contribution < -0.4 is 4.72 Å². The summed E-state index contributed by atoms with van der Waals surface area (Å²) in [4.78, 5) is 10.2. The molecule has 21 heavy (non-hydrogen) atoms. The maximum absolute atomic E-state index is 12.3. The number of aryl methyl sites for hydroxylation is 2. The number of nitrogens with one attached hydrogen (secondary N) is 2. The van der Waals surface area contributed by atoms with Crippen molar-refractivity contribution in [2.24, 2.45) is 0 Å². The van der Waals surface area contributed by atoms with E-state index in [9.17, 15) is 18.5 Å². The van der Waals surface area contributed by atoms with Crippen molar-refractivity contribution in [3.63, 3.8) is 0 Å². The smallest absolute Gasteiger partial charge is 0.281 e. The van der Waals surface area contributed by atoms with Gasteiger partial charge in [-0.25, -0.2) is 8.42 Å². The maximum Gasteiger partial charge on any atom is 0.283 e. The number of anilines is 1. The van der Waals surface area contributed by atoms with Gasteiger partial charge in [0.15, 0.2) is 0 Å². The number of nitrogens with zero attached hydrogens (tertiary/aromatic N) is 2. The molecule has 1 heterocycles. The van der Waals surface area contributed by atoms with Gasteiger partial charge in [0.2, 0.25) is 0 Å². The topological polar surface area (TPSA) is 118 Å². The van der Waals surface area contributed by atoms with Gasteiger partial charge in [0.1, 0.15) is 4.90 Å². The number of aromatic amines is 1. The van der Waals surface area contributed by atoms with Crippen LogP contribution in [-0.4, -0.2) is 23.5 Å². The number of hydrogen-bond acceptors (Lipinski definition) is 5. The molecule has 2 N–H and O–H groups in total. The Hall–Kier alpha value is -1.94. The van der Waals surface area contributed by atoms with E-state index in [-0.39, 0.29) is 20.7 Å². The molecular formula is C11H11BrN4O4S. The number of H-pyrrole nitrogens is 1. The average molecular weight is 375 g/mol. The van der Waals surface area contributed by atoms with Gasteiger partial charge in [0.05, 0.1) is 26.5 Å². The number of benzene rings is 1. The van der Waals surface area contributed by atoms with E-state index < -0.39 is 14.9 Å². The van der Waals surface area contributed by atoms with Crippen molar-refractivity contribution in [2.45, 2.75) is 18.7 Å². The highest BCUT2D eigenvalue weighted by molar-refractivity contribution is 9.10. The summed E-state index contributed by atoms with van der Waals surface area (Å²) in [5.41, 5.74) is 0.836. The van der Waals surface area contributed by atoms with Crippen LogP contribution in [0, 0.1) is 24.0 Å². The molecule has 0 spiro atoms. The first-order valence-electron chi connectivity index (χ1n) is 5.70. The number of nitro benzene ring substituents is 1. The van der Waals surface area contributed by atoms with Crippen LogP contribution in [0.15, 0.2) is 27.6 Å². The van der Waals surface area contributed by atoms with E-state index in [1.54, 1.807) is 13.8 Å². The molecule has 112 valence electrons. The van der Waals surface area contributed by atoms with Crippen molar-refractivity contribution in [3.05, 3.63) is 44.2 Å². The van der Waals surface area contributed by atoms with Crippen molar-refractivity contribution in [2.75, 3.05) is 4.72 Å². The number of aromatic nitrogens is 2. The molecule has 0 radical (unpaired) electrons. The standard InChI is InChI=1S/C11H11BrN4O4S/c1-6-11(7(2)14-13-6)21(19,20)15-8-3-4-10(16(17)18)9(12)5-8/h3-5,15H,1-2H3,(H,13,14). The zero-order valence-corrected chi connectivity index (χ0v) is 13.4. The van der Waals surface area contributed by atoms with Crippen LogP contribution in [-0.2, 0) is 10.0 Å². The van der Waals surface area contributed by atoms with E-state index in [4.69, 9.17) is 0 Å². The number of hydrogen-bond donors (Lipinski definition) is 2. The van der Waals surface area contributed by atoms with Crippen LogP contribution in [0.4, 0.5) is 11.4 Å². The highest BCUT2D eigenvalue weighted by Gasteiger charge is 2.23. The Morgan fingerprint density at radius 1 is 1.38 bits per heavy atom. The Morgan fingerprint density at radius 3 is 2.52 bits per heavy atom. The molecule has 0 bridgehead atoms.